The molecule has 1 aliphatic rings. The number of carboxylic acid groups (broad SMARTS) is 1. The van der Waals surface area contributed by atoms with E-state index in [0.29, 0.717) is 24.2 Å². The summed E-state index contributed by atoms with van der Waals surface area (Å²) in [5, 5.41) is 12.5. The topological polar surface area (TPSA) is 88.5 Å². The molecule has 0 unspecified atom stereocenters. The van der Waals surface area contributed by atoms with E-state index in [4.69, 9.17) is 4.74 Å². The smallest absolute Gasteiger partial charge is 0.341 e. The zero-order chi connectivity index (χ0) is 15.3. The highest BCUT2D eigenvalue weighted by Crippen LogP contribution is 2.38. The Balaban J connectivity index is 2.13. The average molecular weight is 292 g/mol. The molecule has 1 aromatic rings. The quantitative estimate of drug-likeness (QED) is 0.782. The van der Waals surface area contributed by atoms with Gasteiger partial charge in [-0.05, 0) is 31.9 Å². The van der Waals surface area contributed by atoms with E-state index in [-0.39, 0.29) is 13.2 Å². The summed E-state index contributed by atoms with van der Waals surface area (Å²) in [7, 11) is 0. The van der Waals surface area contributed by atoms with Crippen molar-refractivity contribution in [3.8, 4) is 0 Å². The maximum atomic E-state index is 11.9. The van der Waals surface area contributed by atoms with Crippen LogP contribution in [0.4, 0.5) is 5.82 Å². The third-order valence-corrected chi connectivity index (χ3v) is 3.91. The molecule has 0 bridgehead atoms. The Morgan fingerprint density at radius 2 is 2.14 bits per heavy atom. The number of nitrogens with zero attached hydrogens (tertiary/aromatic N) is 1. The Labute approximate surface area is 123 Å². The molecule has 0 radical (unpaired) electrons. The van der Waals surface area contributed by atoms with Crippen LogP contribution in [0.3, 0.4) is 0 Å². The number of ether oxygens (including phenoxy) is 1. The zero-order valence-corrected chi connectivity index (χ0v) is 12.1. The standard InChI is InChI=1S/C15H20N2O4/c1-2-21-13(18)11-6-5-9-16-12(11)17-10-15(14(19)20)7-3-4-8-15/h5-6,9H,2-4,7-8,10H2,1H3,(H,16,17)(H,19,20). The van der Waals surface area contributed by atoms with Crippen LogP contribution in [-0.4, -0.2) is 35.2 Å². The Morgan fingerprint density at radius 3 is 2.76 bits per heavy atom. The van der Waals surface area contributed by atoms with Crippen LogP contribution in [0.1, 0.15) is 43.0 Å². The average Bonchev–Trinajstić information content (AvgIpc) is 2.96. The molecule has 1 fully saturated rings. The lowest BCUT2D eigenvalue weighted by Crippen LogP contribution is -2.35. The SMILES string of the molecule is CCOC(=O)c1cccnc1NCC1(C(=O)O)CCCC1. The highest BCUT2D eigenvalue weighted by Gasteiger charge is 2.41. The van der Waals surface area contributed by atoms with Gasteiger partial charge in [0.15, 0.2) is 0 Å². The van der Waals surface area contributed by atoms with Crippen LogP contribution in [0.25, 0.3) is 0 Å². The molecule has 0 spiro atoms. The first-order valence-electron chi connectivity index (χ1n) is 7.18. The number of carbonyl (C=O) groups is 2. The molecule has 6 heteroatoms. The minimum atomic E-state index is -0.791. The second kappa shape index (κ2) is 6.56. The second-order valence-electron chi connectivity index (χ2n) is 5.27. The van der Waals surface area contributed by atoms with Gasteiger partial charge in [0.2, 0.25) is 0 Å². The van der Waals surface area contributed by atoms with Gasteiger partial charge in [0.25, 0.3) is 0 Å². The normalized spacial score (nSPS) is 16.4. The van der Waals surface area contributed by atoms with Gasteiger partial charge in [-0.15, -0.1) is 0 Å². The highest BCUT2D eigenvalue weighted by atomic mass is 16.5. The first-order chi connectivity index (χ1) is 10.1. The van der Waals surface area contributed by atoms with E-state index < -0.39 is 17.4 Å². The van der Waals surface area contributed by atoms with E-state index in [0.717, 1.165) is 12.8 Å². The summed E-state index contributed by atoms with van der Waals surface area (Å²) in [6, 6.07) is 3.27. The summed E-state index contributed by atoms with van der Waals surface area (Å²) in [5.41, 5.74) is -0.429. The fraction of sp³-hybridized carbons (Fsp3) is 0.533. The molecule has 1 saturated carbocycles. The Morgan fingerprint density at radius 1 is 1.43 bits per heavy atom. The molecular weight excluding hydrogens is 272 g/mol. The Kier molecular flexibility index (Phi) is 4.77. The number of pyridine rings is 1. The number of anilines is 1. The number of hydrogen-bond acceptors (Lipinski definition) is 5. The number of aliphatic carboxylic acids is 1. The van der Waals surface area contributed by atoms with Crippen molar-refractivity contribution in [1.82, 2.24) is 4.98 Å². The van der Waals surface area contributed by atoms with Crippen molar-refractivity contribution >= 4 is 17.8 Å². The second-order valence-corrected chi connectivity index (χ2v) is 5.27. The van der Waals surface area contributed by atoms with Crippen LogP contribution in [-0.2, 0) is 9.53 Å². The van der Waals surface area contributed by atoms with Gasteiger partial charge in [-0.3, -0.25) is 4.79 Å². The molecule has 2 rings (SSSR count). The molecular formula is C15H20N2O4. The lowest BCUT2D eigenvalue weighted by molar-refractivity contribution is -0.147. The molecule has 0 saturated heterocycles. The fourth-order valence-corrected chi connectivity index (χ4v) is 2.69. The van der Waals surface area contributed by atoms with E-state index in [1.807, 2.05) is 0 Å². The number of nitrogens with one attached hydrogen (secondary N) is 1. The van der Waals surface area contributed by atoms with Gasteiger partial charge in [-0.25, -0.2) is 9.78 Å². The van der Waals surface area contributed by atoms with E-state index in [9.17, 15) is 14.7 Å². The fourth-order valence-electron chi connectivity index (χ4n) is 2.69. The van der Waals surface area contributed by atoms with E-state index in [1.165, 1.54) is 0 Å². The van der Waals surface area contributed by atoms with Crippen LogP contribution in [0.5, 0.6) is 0 Å². The predicted molar refractivity (Wildman–Crippen MR) is 77.2 cm³/mol. The number of rotatable bonds is 6. The van der Waals surface area contributed by atoms with Gasteiger partial charge in [0, 0.05) is 12.7 Å². The summed E-state index contributed by atoms with van der Waals surface area (Å²) in [5.74, 6) is -0.867. The van der Waals surface area contributed by atoms with E-state index in [2.05, 4.69) is 10.3 Å². The van der Waals surface area contributed by atoms with Crippen molar-refractivity contribution < 1.29 is 19.4 Å². The van der Waals surface area contributed by atoms with Gasteiger partial charge in [0.1, 0.15) is 11.4 Å². The third-order valence-electron chi connectivity index (χ3n) is 3.91. The van der Waals surface area contributed by atoms with Crippen LogP contribution in [0, 0.1) is 5.41 Å². The Hall–Kier alpha value is -2.11. The van der Waals surface area contributed by atoms with Crippen molar-refractivity contribution in [2.75, 3.05) is 18.5 Å². The van der Waals surface area contributed by atoms with Gasteiger partial charge >= 0.3 is 11.9 Å². The van der Waals surface area contributed by atoms with Gasteiger partial charge < -0.3 is 15.2 Å². The van der Waals surface area contributed by atoms with Gasteiger partial charge in [0.05, 0.1) is 12.0 Å². The molecule has 1 heterocycles. The van der Waals surface area contributed by atoms with Crippen molar-refractivity contribution in [3.05, 3.63) is 23.9 Å². The number of carbonyl (C=O) groups excluding carboxylic acids is 1. The number of hydrogen-bond donors (Lipinski definition) is 2. The molecule has 0 aromatic carbocycles. The van der Waals surface area contributed by atoms with Crippen molar-refractivity contribution in [2.24, 2.45) is 5.41 Å². The largest absolute Gasteiger partial charge is 0.481 e. The summed E-state index contributed by atoms with van der Waals surface area (Å²) in [4.78, 5) is 27.5. The van der Waals surface area contributed by atoms with Gasteiger partial charge in [-0.1, -0.05) is 12.8 Å². The molecule has 0 atom stereocenters. The third kappa shape index (κ3) is 3.32. The maximum absolute atomic E-state index is 11.9. The van der Waals surface area contributed by atoms with E-state index >= 15 is 0 Å². The lowest BCUT2D eigenvalue weighted by atomic mass is 9.86. The van der Waals surface area contributed by atoms with Crippen LogP contribution < -0.4 is 5.32 Å². The minimum absolute atomic E-state index is 0.270. The first-order valence-corrected chi connectivity index (χ1v) is 7.18. The summed E-state index contributed by atoms with van der Waals surface area (Å²) in [6.45, 7) is 2.29. The molecule has 0 aliphatic heterocycles. The van der Waals surface area contributed by atoms with E-state index in [1.54, 1.807) is 25.3 Å². The molecule has 21 heavy (non-hydrogen) atoms. The lowest BCUT2D eigenvalue weighted by Gasteiger charge is -2.24. The summed E-state index contributed by atoms with van der Waals surface area (Å²) < 4.78 is 4.98. The molecule has 114 valence electrons. The van der Waals surface area contributed by atoms with Crippen LogP contribution >= 0.6 is 0 Å². The molecule has 1 aliphatic carbocycles. The number of aromatic nitrogens is 1. The molecule has 0 amide bonds. The molecule has 2 N–H and O–H groups in total. The minimum Gasteiger partial charge on any atom is -0.481 e. The zero-order valence-electron chi connectivity index (χ0n) is 12.1. The highest BCUT2D eigenvalue weighted by molar-refractivity contribution is 5.94. The van der Waals surface area contributed by atoms with Crippen molar-refractivity contribution in [2.45, 2.75) is 32.6 Å². The molecule has 1 aromatic heterocycles. The van der Waals surface area contributed by atoms with Crippen molar-refractivity contribution in [1.29, 1.82) is 0 Å². The summed E-state index contributed by atoms with van der Waals surface area (Å²) >= 11 is 0. The monoisotopic (exact) mass is 292 g/mol. The van der Waals surface area contributed by atoms with Gasteiger partial charge in [-0.2, -0.15) is 0 Å². The van der Waals surface area contributed by atoms with Crippen LogP contribution in [0.2, 0.25) is 0 Å². The first kappa shape index (κ1) is 15.3. The number of carboxylic acids is 1. The van der Waals surface area contributed by atoms with Crippen LogP contribution in [0.15, 0.2) is 18.3 Å². The van der Waals surface area contributed by atoms with Crippen molar-refractivity contribution in [3.63, 3.8) is 0 Å². The Bertz CT molecular complexity index is 524. The molecule has 6 nitrogen and oxygen atoms in total. The summed E-state index contributed by atoms with van der Waals surface area (Å²) in [6.07, 6.45) is 4.70. The maximum Gasteiger partial charge on any atom is 0.341 e. The predicted octanol–water partition coefficient (Wildman–Crippen LogP) is 2.32. The number of esters is 1.